The standard InChI is InChI=1S/C54H34N2/c1-3-17-35(18-4-1)37-21-15-23-39(33-37)55-47-31-13-11-29-45(47)51-49-42-26-8-10-28-44(42)54-52(50(49)41-25-7-9-27-43(41)53(51)55)46-30-12-14-32-48(46)56(54)40-24-16-22-38(34-40)36-19-5-2-6-20-36/h1-34H. The zero-order valence-electron chi connectivity index (χ0n) is 30.5. The third-order valence-corrected chi connectivity index (χ3v) is 11.8. The molecular formula is C54H34N2. The van der Waals surface area contributed by atoms with Crippen LogP contribution in [-0.4, -0.2) is 9.13 Å². The number of benzene rings is 10. The molecule has 0 unspecified atom stereocenters. The van der Waals surface area contributed by atoms with E-state index in [1.165, 1.54) is 98.2 Å². The van der Waals surface area contributed by atoms with Crippen molar-refractivity contribution in [2.24, 2.45) is 0 Å². The number of fused-ring (bicyclic) bond motifs is 15. The molecule has 260 valence electrons. The first-order chi connectivity index (χ1) is 27.8. The third kappa shape index (κ3) is 4.38. The van der Waals surface area contributed by atoms with E-state index < -0.39 is 0 Å². The minimum Gasteiger partial charge on any atom is -0.309 e. The molecule has 56 heavy (non-hydrogen) atoms. The van der Waals surface area contributed by atoms with Crippen molar-refractivity contribution in [2.45, 2.75) is 0 Å². The molecule has 0 amide bonds. The van der Waals surface area contributed by atoms with Crippen LogP contribution in [0.1, 0.15) is 0 Å². The summed E-state index contributed by atoms with van der Waals surface area (Å²) < 4.78 is 5.02. The SMILES string of the molecule is c1ccc(-c2cccc(-n3c4ccccc4c4c5c6ccccc6c6c(c7ccccc7n6-c6cccc(-c7ccccc7)c6)c5c5ccccc5c43)c2)cc1. The zero-order valence-corrected chi connectivity index (χ0v) is 30.5. The molecule has 0 aliphatic carbocycles. The van der Waals surface area contributed by atoms with Gasteiger partial charge in [0, 0.05) is 54.5 Å². The van der Waals surface area contributed by atoms with Crippen molar-refractivity contribution in [1.29, 1.82) is 0 Å². The predicted molar refractivity (Wildman–Crippen MR) is 239 cm³/mol. The Bertz CT molecular complexity index is 3280. The van der Waals surface area contributed by atoms with E-state index in [9.17, 15) is 0 Å². The van der Waals surface area contributed by atoms with E-state index in [-0.39, 0.29) is 0 Å². The van der Waals surface area contributed by atoms with Crippen molar-refractivity contribution in [2.75, 3.05) is 0 Å². The molecule has 2 heteroatoms. The van der Waals surface area contributed by atoms with E-state index in [4.69, 9.17) is 0 Å². The lowest BCUT2D eigenvalue weighted by atomic mass is 9.89. The van der Waals surface area contributed by atoms with Gasteiger partial charge in [0.15, 0.2) is 0 Å². The minimum absolute atomic E-state index is 1.15. The van der Waals surface area contributed by atoms with Crippen LogP contribution in [-0.2, 0) is 0 Å². The Morgan fingerprint density at radius 3 is 1.00 bits per heavy atom. The highest BCUT2D eigenvalue weighted by atomic mass is 15.0. The Hall–Kier alpha value is -7.42. The molecule has 12 aromatic rings. The minimum atomic E-state index is 1.15. The van der Waals surface area contributed by atoms with Gasteiger partial charge in [-0.1, -0.05) is 170 Å². The highest BCUT2D eigenvalue weighted by Crippen LogP contribution is 2.50. The summed E-state index contributed by atoms with van der Waals surface area (Å²) in [7, 11) is 0. The summed E-state index contributed by atoms with van der Waals surface area (Å²) in [4.78, 5) is 0. The van der Waals surface area contributed by atoms with Crippen molar-refractivity contribution < 1.29 is 0 Å². The van der Waals surface area contributed by atoms with E-state index in [0.717, 1.165) is 11.4 Å². The number of aromatic nitrogens is 2. The van der Waals surface area contributed by atoms with Gasteiger partial charge < -0.3 is 9.13 Å². The molecule has 0 fully saturated rings. The third-order valence-electron chi connectivity index (χ3n) is 11.8. The van der Waals surface area contributed by atoms with Crippen molar-refractivity contribution in [3.05, 3.63) is 206 Å². The summed E-state index contributed by atoms with van der Waals surface area (Å²) in [5.41, 5.74) is 12.0. The first-order valence-corrected chi connectivity index (χ1v) is 19.4. The van der Waals surface area contributed by atoms with Gasteiger partial charge in [-0.3, -0.25) is 0 Å². The van der Waals surface area contributed by atoms with Crippen LogP contribution in [0.3, 0.4) is 0 Å². The number of para-hydroxylation sites is 2. The zero-order chi connectivity index (χ0) is 36.7. The summed E-state index contributed by atoms with van der Waals surface area (Å²) in [6.07, 6.45) is 0. The molecule has 2 aromatic heterocycles. The summed E-state index contributed by atoms with van der Waals surface area (Å²) >= 11 is 0. The van der Waals surface area contributed by atoms with Crippen molar-refractivity contribution in [1.82, 2.24) is 9.13 Å². The first-order valence-electron chi connectivity index (χ1n) is 19.4. The van der Waals surface area contributed by atoms with Crippen LogP contribution in [0.25, 0.3) is 110 Å². The molecule has 0 spiro atoms. The van der Waals surface area contributed by atoms with Crippen LogP contribution in [0.15, 0.2) is 206 Å². The molecule has 10 aromatic carbocycles. The molecule has 0 atom stereocenters. The van der Waals surface area contributed by atoms with Gasteiger partial charge >= 0.3 is 0 Å². The lowest BCUT2D eigenvalue weighted by Crippen LogP contribution is -1.97. The maximum absolute atomic E-state index is 2.51. The van der Waals surface area contributed by atoms with E-state index in [0.29, 0.717) is 0 Å². The fourth-order valence-corrected chi connectivity index (χ4v) is 9.55. The van der Waals surface area contributed by atoms with Gasteiger partial charge in [-0.05, 0) is 69.4 Å². The van der Waals surface area contributed by atoms with Crippen LogP contribution >= 0.6 is 0 Å². The molecule has 0 saturated carbocycles. The Morgan fingerprint density at radius 1 is 0.232 bits per heavy atom. The molecule has 12 rings (SSSR count). The van der Waals surface area contributed by atoms with Crippen molar-refractivity contribution in [3.8, 4) is 33.6 Å². The largest absolute Gasteiger partial charge is 0.309 e. The molecule has 0 N–H and O–H groups in total. The van der Waals surface area contributed by atoms with Gasteiger partial charge in [0.05, 0.1) is 22.1 Å². The van der Waals surface area contributed by atoms with Gasteiger partial charge in [0.1, 0.15) is 0 Å². The Labute approximate surface area is 323 Å². The lowest BCUT2D eigenvalue weighted by Gasteiger charge is -2.17. The fraction of sp³-hybridized carbons (Fsp3) is 0. The Kier molecular flexibility index (Phi) is 6.66. The summed E-state index contributed by atoms with van der Waals surface area (Å²) in [6, 6.07) is 75.6. The van der Waals surface area contributed by atoms with E-state index in [1.54, 1.807) is 0 Å². The van der Waals surface area contributed by atoms with Gasteiger partial charge in [0.2, 0.25) is 0 Å². The van der Waals surface area contributed by atoms with E-state index in [1.807, 2.05) is 0 Å². The summed E-state index contributed by atoms with van der Waals surface area (Å²) in [5.74, 6) is 0. The molecular weight excluding hydrogens is 677 g/mol. The van der Waals surface area contributed by atoms with Crippen LogP contribution in [0.4, 0.5) is 0 Å². The van der Waals surface area contributed by atoms with E-state index in [2.05, 4.69) is 215 Å². The van der Waals surface area contributed by atoms with E-state index >= 15 is 0 Å². The van der Waals surface area contributed by atoms with Crippen LogP contribution in [0.5, 0.6) is 0 Å². The number of hydrogen-bond donors (Lipinski definition) is 0. The van der Waals surface area contributed by atoms with Gasteiger partial charge in [0.25, 0.3) is 0 Å². The van der Waals surface area contributed by atoms with Crippen molar-refractivity contribution >= 4 is 75.9 Å². The van der Waals surface area contributed by atoms with Crippen molar-refractivity contribution in [3.63, 3.8) is 0 Å². The Morgan fingerprint density at radius 2 is 0.571 bits per heavy atom. The van der Waals surface area contributed by atoms with Crippen LogP contribution < -0.4 is 0 Å². The topological polar surface area (TPSA) is 9.86 Å². The monoisotopic (exact) mass is 710 g/mol. The maximum Gasteiger partial charge on any atom is 0.0626 e. The van der Waals surface area contributed by atoms with Crippen LogP contribution in [0, 0.1) is 0 Å². The Balaban J connectivity index is 1.29. The second kappa shape index (κ2) is 12.0. The average Bonchev–Trinajstić information content (AvgIpc) is 3.81. The fourth-order valence-electron chi connectivity index (χ4n) is 9.55. The maximum atomic E-state index is 2.51. The second-order valence-electron chi connectivity index (χ2n) is 14.8. The number of rotatable bonds is 4. The molecule has 2 nitrogen and oxygen atoms in total. The normalized spacial score (nSPS) is 11.9. The highest BCUT2D eigenvalue weighted by molar-refractivity contribution is 6.45. The van der Waals surface area contributed by atoms with Crippen LogP contribution in [0.2, 0.25) is 0 Å². The number of nitrogens with zero attached hydrogens (tertiary/aromatic N) is 2. The molecule has 0 saturated heterocycles. The molecule has 0 radical (unpaired) electrons. The predicted octanol–water partition coefficient (Wildman–Crippen LogP) is 14.7. The smallest absolute Gasteiger partial charge is 0.0626 e. The average molecular weight is 711 g/mol. The highest BCUT2D eigenvalue weighted by Gasteiger charge is 2.25. The first kappa shape index (κ1) is 31.0. The van der Waals surface area contributed by atoms with Gasteiger partial charge in [-0.25, -0.2) is 0 Å². The summed E-state index contributed by atoms with van der Waals surface area (Å²) in [6.45, 7) is 0. The quantitative estimate of drug-likeness (QED) is 0.161. The lowest BCUT2D eigenvalue weighted by molar-refractivity contribution is 1.19. The summed E-state index contributed by atoms with van der Waals surface area (Å²) in [5, 5.41) is 12.7. The second-order valence-corrected chi connectivity index (χ2v) is 14.8. The van der Waals surface area contributed by atoms with Gasteiger partial charge in [-0.2, -0.15) is 0 Å². The molecule has 2 heterocycles. The molecule has 0 bridgehead atoms. The molecule has 0 aliphatic rings. The van der Waals surface area contributed by atoms with Gasteiger partial charge in [-0.15, -0.1) is 0 Å². The molecule has 0 aliphatic heterocycles. The number of hydrogen-bond acceptors (Lipinski definition) is 0.